The number of aliphatic hydroxyl groups is 2. The first-order valence-electron chi connectivity index (χ1n) is 13.4. The molecule has 9 heteroatoms. The number of nitrogens with zero attached hydrogens (tertiary/aromatic N) is 3. The minimum Gasteiger partial charge on any atom is -0.497 e. The smallest absolute Gasteiger partial charge is 0.325 e. The molecule has 3 aliphatic rings. The van der Waals surface area contributed by atoms with Gasteiger partial charge in [0.25, 0.3) is 5.91 Å². The first-order valence-corrected chi connectivity index (χ1v) is 13.4. The fourth-order valence-electron chi connectivity index (χ4n) is 6.60. The molecule has 0 saturated carbocycles. The van der Waals surface area contributed by atoms with Gasteiger partial charge < -0.3 is 29.5 Å². The average molecular weight is 536 g/mol. The summed E-state index contributed by atoms with van der Waals surface area (Å²) in [5, 5.41) is 19.9. The predicted octanol–water partition coefficient (Wildman–Crippen LogP) is 3.54. The second-order valence-corrected chi connectivity index (χ2v) is 10.9. The van der Waals surface area contributed by atoms with E-state index in [0.717, 1.165) is 28.0 Å². The third-order valence-corrected chi connectivity index (χ3v) is 8.29. The molecule has 5 rings (SSSR count). The van der Waals surface area contributed by atoms with Crippen LogP contribution in [0.25, 0.3) is 0 Å². The van der Waals surface area contributed by atoms with Crippen molar-refractivity contribution in [2.45, 2.75) is 57.9 Å². The van der Waals surface area contributed by atoms with Crippen molar-refractivity contribution < 1.29 is 29.3 Å². The van der Waals surface area contributed by atoms with E-state index in [-0.39, 0.29) is 24.4 Å². The van der Waals surface area contributed by atoms with Crippen LogP contribution in [0.1, 0.15) is 58.3 Å². The standard InChI is InChI=1S/C30H37N3O6/c1-18-10-19(2)12-21(11-18)28(36)31-8-6-30(7-9-31)25-13-20(3)27-22(14-23(38-4)15-24(27)39-5)16-32(25)29(37)33(30)17-26(34)35/h10-15,20,26,34-35H,6-9,16-17H2,1-5H3/t20-/m0/s1. The molecule has 39 heavy (non-hydrogen) atoms. The topological polar surface area (TPSA) is 103 Å². The van der Waals surface area contributed by atoms with Gasteiger partial charge >= 0.3 is 6.03 Å². The van der Waals surface area contributed by atoms with Crippen LogP contribution in [0.2, 0.25) is 0 Å². The number of amides is 3. The van der Waals surface area contributed by atoms with Crippen molar-refractivity contribution in [1.29, 1.82) is 0 Å². The SMILES string of the molecule is COc1cc2c(c(OC)c1)[C@@H](C)C=C1N(C2)C(=O)N(CC(O)O)C12CCN(C(=O)c1cc(C)cc(C)c1)CC2. The molecule has 2 saturated heterocycles. The molecule has 2 N–H and O–H groups in total. The van der Waals surface area contributed by atoms with Gasteiger partial charge in [-0.2, -0.15) is 0 Å². The van der Waals surface area contributed by atoms with E-state index in [9.17, 15) is 19.8 Å². The Morgan fingerprint density at radius 2 is 1.72 bits per heavy atom. The van der Waals surface area contributed by atoms with E-state index in [1.165, 1.54) is 0 Å². The number of rotatable bonds is 5. The second kappa shape index (κ2) is 10.2. The van der Waals surface area contributed by atoms with Crippen LogP contribution in [-0.2, 0) is 6.54 Å². The van der Waals surface area contributed by atoms with E-state index in [1.807, 2.05) is 49.1 Å². The Labute approximate surface area is 229 Å². The van der Waals surface area contributed by atoms with Crippen LogP contribution < -0.4 is 9.47 Å². The number of piperidine rings is 1. The van der Waals surface area contributed by atoms with Crippen LogP contribution in [0, 0.1) is 13.8 Å². The maximum atomic E-state index is 13.9. The summed E-state index contributed by atoms with van der Waals surface area (Å²) >= 11 is 0. The largest absolute Gasteiger partial charge is 0.497 e. The van der Waals surface area contributed by atoms with Crippen LogP contribution in [0.15, 0.2) is 42.1 Å². The van der Waals surface area contributed by atoms with E-state index >= 15 is 0 Å². The summed E-state index contributed by atoms with van der Waals surface area (Å²) in [6.45, 7) is 7.03. The van der Waals surface area contributed by atoms with Crippen molar-refractivity contribution in [3.63, 3.8) is 0 Å². The molecule has 0 aromatic heterocycles. The minimum atomic E-state index is -1.67. The molecule has 3 amide bonds. The molecule has 0 radical (unpaired) electrons. The molecule has 1 spiro atoms. The number of ether oxygens (including phenoxy) is 2. The number of urea groups is 1. The van der Waals surface area contributed by atoms with Gasteiger partial charge in [-0.15, -0.1) is 0 Å². The summed E-state index contributed by atoms with van der Waals surface area (Å²) in [5.74, 6) is 1.25. The molecule has 3 heterocycles. The number of carbonyl (C=O) groups excluding carboxylic acids is 2. The van der Waals surface area contributed by atoms with Gasteiger partial charge in [-0.1, -0.05) is 30.2 Å². The Morgan fingerprint density at radius 3 is 2.31 bits per heavy atom. The highest BCUT2D eigenvalue weighted by Gasteiger charge is 2.56. The molecule has 9 nitrogen and oxygen atoms in total. The van der Waals surface area contributed by atoms with E-state index in [4.69, 9.17) is 9.47 Å². The third-order valence-electron chi connectivity index (χ3n) is 8.29. The Balaban J connectivity index is 1.51. The lowest BCUT2D eigenvalue weighted by Crippen LogP contribution is -2.56. The number of methoxy groups -OCH3 is 2. The summed E-state index contributed by atoms with van der Waals surface area (Å²) in [7, 11) is 3.22. The summed E-state index contributed by atoms with van der Waals surface area (Å²) in [4.78, 5) is 32.5. The highest BCUT2D eigenvalue weighted by molar-refractivity contribution is 5.95. The van der Waals surface area contributed by atoms with Crippen molar-refractivity contribution >= 4 is 11.9 Å². The van der Waals surface area contributed by atoms with E-state index < -0.39 is 11.8 Å². The van der Waals surface area contributed by atoms with Gasteiger partial charge in [0.15, 0.2) is 6.29 Å². The number of hydrogen-bond donors (Lipinski definition) is 2. The number of benzene rings is 2. The Hall–Kier alpha value is -3.56. The second-order valence-electron chi connectivity index (χ2n) is 10.9. The highest BCUT2D eigenvalue weighted by atomic mass is 16.5. The van der Waals surface area contributed by atoms with Crippen molar-refractivity contribution in [3.05, 3.63) is 69.9 Å². The van der Waals surface area contributed by atoms with Crippen LogP contribution >= 0.6 is 0 Å². The van der Waals surface area contributed by atoms with Crippen molar-refractivity contribution in [2.24, 2.45) is 0 Å². The summed E-state index contributed by atoms with van der Waals surface area (Å²) in [6, 6.07) is 9.37. The number of likely N-dealkylation sites (tertiary alicyclic amines) is 1. The zero-order valence-electron chi connectivity index (χ0n) is 23.2. The Bertz CT molecular complexity index is 1310. The van der Waals surface area contributed by atoms with E-state index in [1.54, 1.807) is 24.0 Å². The monoisotopic (exact) mass is 535 g/mol. The number of fused-ring (bicyclic) bond motifs is 3. The highest BCUT2D eigenvalue weighted by Crippen LogP contribution is 2.49. The zero-order valence-corrected chi connectivity index (χ0v) is 23.2. The molecular weight excluding hydrogens is 498 g/mol. The van der Waals surface area contributed by atoms with Gasteiger partial charge in [0.1, 0.15) is 11.5 Å². The average Bonchev–Trinajstić information content (AvgIpc) is 3.01. The van der Waals surface area contributed by atoms with Crippen molar-refractivity contribution in [3.8, 4) is 11.5 Å². The maximum Gasteiger partial charge on any atom is 0.325 e. The summed E-state index contributed by atoms with van der Waals surface area (Å²) in [6.07, 6.45) is 1.42. The van der Waals surface area contributed by atoms with Gasteiger partial charge in [0, 0.05) is 41.9 Å². The van der Waals surface area contributed by atoms with Crippen molar-refractivity contribution in [2.75, 3.05) is 33.9 Å². The minimum absolute atomic E-state index is 0.0287. The molecule has 1 atom stereocenters. The van der Waals surface area contributed by atoms with Gasteiger partial charge in [-0.25, -0.2) is 4.79 Å². The van der Waals surface area contributed by atoms with Gasteiger partial charge in [0.05, 0.1) is 32.8 Å². The molecule has 208 valence electrons. The van der Waals surface area contributed by atoms with Gasteiger partial charge in [-0.05, 0) is 50.5 Å². The van der Waals surface area contributed by atoms with Gasteiger partial charge in [0.2, 0.25) is 0 Å². The fraction of sp³-hybridized carbons (Fsp3) is 0.467. The quantitative estimate of drug-likeness (QED) is 0.568. The number of aliphatic hydroxyl groups excluding tert-OH is 1. The van der Waals surface area contributed by atoms with E-state index in [0.29, 0.717) is 49.5 Å². The Morgan fingerprint density at radius 1 is 1.05 bits per heavy atom. The first kappa shape index (κ1) is 27.0. The predicted molar refractivity (Wildman–Crippen MR) is 146 cm³/mol. The first-order chi connectivity index (χ1) is 18.6. The van der Waals surface area contributed by atoms with Crippen molar-refractivity contribution in [1.82, 2.24) is 14.7 Å². The number of hydrogen-bond acceptors (Lipinski definition) is 6. The maximum absolute atomic E-state index is 13.9. The molecule has 3 aliphatic heterocycles. The summed E-state index contributed by atoms with van der Waals surface area (Å²) < 4.78 is 11.2. The number of allylic oxidation sites excluding steroid dienone is 1. The number of β-amino-alcohol motifs (C(OH)–C–C–N with tert-alkyl or cyclic N) is 2. The molecule has 2 aromatic carbocycles. The Kier molecular flexibility index (Phi) is 7.07. The fourth-order valence-corrected chi connectivity index (χ4v) is 6.60. The molecular formula is C30H37N3O6. The number of carbonyl (C=O) groups is 2. The lowest BCUT2D eigenvalue weighted by molar-refractivity contribution is -0.0675. The summed E-state index contributed by atoms with van der Waals surface area (Å²) in [5.41, 5.74) is 4.74. The molecule has 2 aromatic rings. The van der Waals surface area contributed by atoms with Crippen LogP contribution in [0.4, 0.5) is 4.79 Å². The van der Waals surface area contributed by atoms with Gasteiger partial charge in [-0.3, -0.25) is 9.69 Å². The lowest BCUT2D eigenvalue weighted by atomic mass is 9.81. The molecule has 0 bridgehead atoms. The zero-order chi connectivity index (χ0) is 28.1. The molecule has 0 aliphatic carbocycles. The van der Waals surface area contributed by atoms with Crippen LogP contribution in [-0.4, -0.2) is 82.5 Å². The van der Waals surface area contributed by atoms with Crippen LogP contribution in [0.5, 0.6) is 11.5 Å². The normalized spacial score (nSPS) is 20.1. The number of aryl methyl sites for hydroxylation is 2. The molecule has 0 unspecified atom stereocenters. The molecule has 2 fully saturated rings. The van der Waals surface area contributed by atoms with E-state index in [2.05, 4.69) is 13.0 Å². The third kappa shape index (κ3) is 4.63. The van der Waals surface area contributed by atoms with Crippen LogP contribution in [0.3, 0.4) is 0 Å². The lowest BCUT2D eigenvalue weighted by Gasteiger charge is -2.44.